The molecule has 0 saturated carbocycles. The molecule has 1 fully saturated rings. The third-order valence-electron chi connectivity index (χ3n) is 3.17. The molecule has 1 aliphatic heterocycles. The summed E-state index contributed by atoms with van der Waals surface area (Å²) in [5, 5.41) is 3.35. The lowest BCUT2D eigenvalue weighted by molar-refractivity contribution is 0.215. The van der Waals surface area contributed by atoms with E-state index in [0.717, 1.165) is 31.0 Å². The second kappa shape index (κ2) is 5.73. The Morgan fingerprint density at radius 2 is 1.94 bits per heavy atom. The zero-order chi connectivity index (χ0) is 12.1. The van der Waals surface area contributed by atoms with Gasteiger partial charge < -0.3 is 15.8 Å². The first-order valence-corrected chi connectivity index (χ1v) is 6.14. The fraction of sp³-hybridized carbons (Fsp3) is 0.429. The van der Waals surface area contributed by atoms with Crippen LogP contribution in [0.1, 0.15) is 18.4 Å². The molecule has 1 saturated heterocycles. The highest BCUT2D eigenvalue weighted by Crippen LogP contribution is 2.18. The summed E-state index contributed by atoms with van der Waals surface area (Å²) in [5.74, 6) is 1.59. The average Bonchev–Trinajstić information content (AvgIpc) is 2.38. The SMILES string of the molecule is C=C(N)c1ccc(OCC2CCNCC2)cc1. The number of hydrogen-bond donors (Lipinski definition) is 2. The van der Waals surface area contributed by atoms with E-state index in [0.29, 0.717) is 11.6 Å². The predicted molar refractivity (Wildman–Crippen MR) is 70.8 cm³/mol. The zero-order valence-corrected chi connectivity index (χ0v) is 10.1. The quantitative estimate of drug-likeness (QED) is 0.834. The van der Waals surface area contributed by atoms with Gasteiger partial charge in [-0.15, -0.1) is 0 Å². The Morgan fingerprint density at radius 3 is 2.53 bits per heavy atom. The molecule has 92 valence electrons. The summed E-state index contributed by atoms with van der Waals surface area (Å²) in [4.78, 5) is 0. The van der Waals surface area contributed by atoms with Gasteiger partial charge in [-0.25, -0.2) is 0 Å². The number of benzene rings is 1. The molecule has 2 rings (SSSR count). The summed E-state index contributed by atoms with van der Waals surface area (Å²) in [5.41, 5.74) is 7.16. The minimum Gasteiger partial charge on any atom is -0.493 e. The van der Waals surface area contributed by atoms with Crippen molar-refractivity contribution in [3.63, 3.8) is 0 Å². The molecule has 1 aromatic rings. The molecule has 0 atom stereocenters. The molecular formula is C14H20N2O. The van der Waals surface area contributed by atoms with Gasteiger partial charge in [0.25, 0.3) is 0 Å². The van der Waals surface area contributed by atoms with Gasteiger partial charge in [0.2, 0.25) is 0 Å². The van der Waals surface area contributed by atoms with Crippen molar-refractivity contribution in [3.05, 3.63) is 36.4 Å². The normalized spacial score (nSPS) is 16.7. The number of rotatable bonds is 4. The lowest BCUT2D eigenvalue weighted by atomic mass is 9.99. The molecule has 0 unspecified atom stereocenters. The van der Waals surface area contributed by atoms with Crippen LogP contribution in [-0.4, -0.2) is 19.7 Å². The lowest BCUT2D eigenvalue weighted by Gasteiger charge is -2.22. The summed E-state index contributed by atoms with van der Waals surface area (Å²) in [6.07, 6.45) is 2.41. The number of hydrogen-bond acceptors (Lipinski definition) is 3. The Kier molecular flexibility index (Phi) is 4.04. The maximum Gasteiger partial charge on any atom is 0.119 e. The van der Waals surface area contributed by atoms with E-state index in [9.17, 15) is 0 Å². The monoisotopic (exact) mass is 232 g/mol. The van der Waals surface area contributed by atoms with Gasteiger partial charge in [0.05, 0.1) is 6.61 Å². The van der Waals surface area contributed by atoms with Crippen LogP contribution in [0, 0.1) is 5.92 Å². The number of ether oxygens (including phenoxy) is 1. The molecule has 1 heterocycles. The van der Waals surface area contributed by atoms with Crippen LogP contribution in [0.15, 0.2) is 30.8 Å². The largest absolute Gasteiger partial charge is 0.493 e. The van der Waals surface area contributed by atoms with E-state index in [4.69, 9.17) is 10.5 Å². The van der Waals surface area contributed by atoms with Crippen LogP contribution in [0.2, 0.25) is 0 Å². The first-order chi connectivity index (χ1) is 8.25. The first kappa shape index (κ1) is 12.0. The van der Waals surface area contributed by atoms with Crippen LogP contribution in [0.5, 0.6) is 5.75 Å². The molecule has 17 heavy (non-hydrogen) atoms. The molecule has 0 amide bonds. The van der Waals surface area contributed by atoms with Crippen LogP contribution in [-0.2, 0) is 0 Å². The predicted octanol–water partition coefficient (Wildman–Crippen LogP) is 1.99. The molecular weight excluding hydrogens is 212 g/mol. The van der Waals surface area contributed by atoms with E-state index < -0.39 is 0 Å². The van der Waals surface area contributed by atoms with E-state index in [1.165, 1.54) is 12.8 Å². The van der Waals surface area contributed by atoms with Crippen LogP contribution < -0.4 is 15.8 Å². The fourth-order valence-electron chi connectivity index (χ4n) is 2.03. The number of nitrogens with two attached hydrogens (primary N) is 1. The van der Waals surface area contributed by atoms with Crippen molar-refractivity contribution in [1.29, 1.82) is 0 Å². The molecule has 3 nitrogen and oxygen atoms in total. The van der Waals surface area contributed by atoms with Gasteiger partial charge in [-0.1, -0.05) is 6.58 Å². The highest BCUT2D eigenvalue weighted by molar-refractivity contribution is 5.60. The molecule has 1 aromatic carbocycles. The highest BCUT2D eigenvalue weighted by atomic mass is 16.5. The Morgan fingerprint density at radius 1 is 1.29 bits per heavy atom. The molecule has 0 radical (unpaired) electrons. The van der Waals surface area contributed by atoms with Gasteiger partial charge in [-0.05, 0) is 61.7 Å². The van der Waals surface area contributed by atoms with Crippen LogP contribution in [0.3, 0.4) is 0 Å². The minimum atomic E-state index is 0.593. The van der Waals surface area contributed by atoms with Gasteiger partial charge in [-0.3, -0.25) is 0 Å². The average molecular weight is 232 g/mol. The summed E-state index contributed by atoms with van der Waals surface area (Å²) in [6.45, 7) is 6.74. The standard InChI is InChI=1S/C14H20N2O/c1-11(15)13-2-4-14(5-3-13)17-10-12-6-8-16-9-7-12/h2-5,12,16H,1,6-10,15H2. The van der Waals surface area contributed by atoms with Crippen LogP contribution in [0.25, 0.3) is 5.70 Å². The van der Waals surface area contributed by atoms with Crippen molar-refractivity contribution >= 4 is 5.70 Å². The van der Waals surface area contributed by atoms with E-state index in [2.05, 4.69) is 11.9 Å². The lowest BCUT2D eigenvalue weighted by Crippen LogP contribution is -2.30. The smallest absolute Gasteiger partial charge is 0.119 e. The van der Waals surface area contributed by atoms with Crippen molar-refractivity contribution in [2.75, 3.05) is 19.7 Å². The number of piperidine rings is 1. The number of nitrogens with one attached hydrogen (secondary N) is 1. The molecule has 1 aliphatic rings. The van der Waals surface area contributed by atoms with Gasteiger partial charge in [0.15, 0.2) is 0 Å². The van der Waals surface area contributed by atoms with E-state index >= 15 is 0 Å². The van der Waals surface area contributed by atoms with Gasteiger partial charge in [0.1, 0.15) is 5.75 Å². The van der Waals surface area contributed by atoms with Crippen LogP contribution in [0.4, 0.5) is 0 Å². The molecule has 0 spiro atoms. The molecule has 3 heteroatoms. The van der Waals surface area contributed by atoms with Gasteiger partial charge in [-0.2, -0.15) is 0 Å². The van der Waals surface area contributed by atoms with Gasteiger partial charge >= 0.3 is 0 Å². The zero-order valence-electron chi connectivity index (χ0n) is 10.1. The molecule has 0 aromatic heterocycles. The van der Waals surface area contributed by atoms with Crippen molar-refractivity contribution in [2.45, 2.75) is 12.8 Å². The summed E-state index contributed by atoms with van der Waals surface area (Å²) < 4.78 is 5.78. The second-order valence-electron chi connectivity index (χ2n) is 4.55. The Bertz CT molecular complexity index is 366. The van der Waals surface area contributed by atoms with E-state index in [-0.39, 0.29) is 0 Å². The summed E-state index contributed by atoms with van der Waals surface area (Å²) in [7, 11) is 0. The van der Waals surface area contributed by atoms with Crippen molar-refractivity contribution in [2.24, 2.45) is 11.7 Å². The molecule has 0 bridgehead atoms. The maximum absolute atomic E-state index is 5.78. The second-order valence-corrected chi connectivity index (χ2v) is 4.55. The Labute approximate surface area is 103 Å². The van der Waals surface area contributed by atoms with Crippen molar-refractivity contribution in [3.8, 4) is 5.75 Å². The highest BCUT2D eigenvalue weighted by Gasteiger charge is 2.13. The van der Waals surface area contributed by atoms with Crippen LogP contribution >= 0.6 is 0 Å². The van der Waals surface area contributed by atoms with Crippen molar-refractivity contribution in [1.82, 2.24) is 5.32 Å². The fourth-order valence-corrected chi connectivity index (χ4v) is 2.03. The summed E-state index contributed by atoms with van der Waals surface area (Å²) in [6, 6.07) is 7.79. The van der Waals surface area contributed by atoms with E-state index in [1.807, 2.05) is 24.3 Å². The Hall–Kier alpha value is -1.48. The Balaban J connectivity index is 1.84. The van der Waals surface area contributed by atoms with Gasteiger partial charge in [0, 0.05) is 5.70 Å². The third-order valence-corrected chi connectivity index (χ3v) is 3.17. The summed E-state index contributed by atoms with van der Waals surface area (Å²) >= 11 is 0. The molecule has 3 N–H and O–H groups in total. The maximum atomic E-state index is 5.78. The van der Waals surface area contributed by atoms with Crippen molar-refractivity contribution < 1.29 is 4.74 Å². The third kappa shape index (κ3) is 3.49. The minimum absolute atomic E-state index is 0.593. The van der Waals surface area contributed by atoms with E-state index in [1.54, 1.807) is 0 Å². The first-order valence-electron chi connectivity index (χ1n) is 6.14. The topological polar surface area (TPSA) is 47.3 Å². The molecule has 0 aliphatic carbocycles.